The van der Waals surface area contributed by atoms with Gasteiger partial charge in [-0.3, -0.25) is 19.2 Å². The van der Waals surface area contributed by atoms with Crippen LogP contribution in [0.2, 0.25) is 0 Å². The molecule has 14 heteroatoms. The van der Waals surface area contributed by atoms with Crippen LogP contribution in [0.1, 0.15) is 24.8 Å². The van der Waals surface area contributed by atoms with Crippen LogP contribution < -0.4 is 21.7 Å². The Hall–Kier alpha value is -3.62. The number of fused-ring (bicyclic) bond motifs is 1. The summed E-state index contributed by atoms with van der Waals surface area (Å²) >= 11 is 1.41. The molecule has 4 atom stereocenters. The van der Waals surface area contributed by atoms with E-state index in [4.69, 9.17) is 15.9 Å². The summed E-state index contributed by atoms with van der Waals surface area (Å²) < 4.78 is 0. The molecule has 0 radical (unpaired) electrons. The first-order valence-corrected chi connectivity index (χ1v) is 13.2. The molecular weight excluding hydrogens is 518 g/mol. The second-order valence-electron chi connectivity index (χ2n) is 8.59. The maximum atomic E-state index is 13.1. The number of benzene rings is 1. The summed E-state index contributed by atoms with van der Waals surface area (Å²) in [4.78, 5) is 64.4. The largest absolute Gasteiger partial charge is 0.481 e. The van der Waals surface area contributed by atoms with Gasteiger partial charge in [0.2, 0.25) is 17.7 Å². The van der Waals surface area contributed by atoms with Crippen LogP contribution >= 0.6 is 11.8 Å². The number of carboxylic acids is 2. The van der Waals surface area contributed by atoms with Gasteiger partial charge in [0.1, 0.15) is 24.2 Å². The van der Waals surface area contributed by atoms with Crippen LogP contribution in [-0.2, 0) is 30.4 Å². The van der Waals surface area contributed by atoms with Crippen LogP contribution in [0.3, 0.4) is 0 Å². The fourth-order valence-electron chi connectivity index (χ4n) is 3.67. The maximum Gasteiger partial charge on any atom is 0.326 e. The quantitative estimate of drug-likeness (QED) is 0.129. The summed E-state index contributed by atoms with van der Waals surface area (Å²) in [6, 6.07) is 2.13. The third-order valence-corrected chi connectivity index (χ3v) is 6.41. The normalized spacial score (nSPS) is 14.2. The number of thioether (sulfide) groups is 1. The molecule has 9 N–H and O–H groups in total. The molecule has 3 amide bonds. The van der Waals surface area contributed by atoms with E-state index in [9.17, 15) is 29.1 Å². The Kier molecular flexibility index (Phi) is 12.0. The molecule has 0 aliphatic rings. The molecule has 1 aromatic carbocycles. The van der Waals surface area contributed by atoms with Crippen LogP contribution in [0, 0.1) is 0 Å². The van der Waals surface area contributed by atoms with Crippen LogP contribution in [0.4, 0.5) is 0 Å². The number of hydrogen-bond acceptors (Lipinski definition) is 8. The van der Waals surface area contributed by atoms with Gasteiger partial charge in [-0.1, -0.05) is 18.2 Å². The standard InChI is InChI=1S/C24H33N5O8S/c1-38-9-8-18(27-21(33)15(25)12-30)23(35)28-17(6-7-20(31)32)22(34)29-19(24(36)37)10-13-11-26-16-5-3-2-4-14(13)16/h2-5,11,15,17-19,26,30H,6-10,12,25H2,1H3,(H,27,33)(H,28,35)(H,29,34)(H,31,32)(H,36,37). The zero-order chi connectivity index (χ0) is 28.2. The summed E-state index contributed by atoms with van der Waals surface area (Å²) in [7, 11) is 0. The molecule has 2 aromatic rings. The van der Waals surface area contributed by atoms with Gasteiger partial charge in [-0.25, -0.2) is 4.79 Å². The van der Waals surface area contributed by atoms with Gasteiger partial charge in [-0.15, -0.1) is 0 Å². The lowest BCUT2D eigenvalue weighted by Crippen LogP contribution is -2.57. The lowest BCUT2D eigenvalue weighted by molar-refractivity contribution is -0.143. The van der Waals surface area contributed by atoms with Crippen LogP contribution in [0.15, 0.2) is 30.5 Å². The van der Waals surface area contributed by atoms with Gasteiger partial charge in [0, 0.05) is 29.9 Å². The molecule has 0 saturated heterocycles. The molecule has 38 heavy (non-hydrogen) atoms. The Balaban J connectivity index is 2.19. The van der Waals surface area contributed by atoms with E-state index in [0.717, 1.165) is 10.9 Å². The topological polar surface area (TPSA) is 224 Å². The van der Waals surface area contributed by atoms with Gasteiger partial charge in [0.25, 0.3) is 0 Å². The van der Waals surface area contributed by atoms with E-state index < -0.39 is 66.9 Å². The predicted octanol–water partition coefficient (Wildman–Crippen LogP) is -0.813. The van der Waals surface area contributed by atoms with Crippen molar-refractivity contribution in [2.45, 2.75) is 49.9 Å². The van der Waals surface area contributed by atoms with Crippen molar-refractivity contribution < 1.29 is 39.3 Å². The van der Waals surface area contributed by atoms with Crippen molar-refractivity contribution in [3.05, 3.63) is 36.0 Å². The second-order valence-corrected chi connectivity index (χ2v) is 9.57. The van der Waals surface area contributed by atoms with Gasteiger partial charge in [-0.05, 0) is 36.5 Å². The Morgan fingerprint density at radius 3 is 2.16 bits per heavy atom. The number of aliphatic carboxylic acids is 2. The third-order valence-electron chi connectivity index (χ3n) is 5.77. The highest BCUT2D eigenvalue weighted by Gasteiger charge is 2.31. The third kappa shape index (κ3) is 9.04. The van der Waals surface area contributed by atoms with Crippen LogP contribution in [-0.4, -0.2) is 92.7 Å². The minimum Gasteiger partial charge on any atom is -0.481 e. The highest BCUT2D eigenvalue weighted by molar-refractivity contribution is 7.98. The monoisotopic (exact) mass is 551 g/mol. The fourth-order valence-corrected chi connectivity index (χ4v) is 4.14. The van der Waals surface area contributed by atoms with E-state index in [0.29, 0.717) is 11.3 Å². The molecule has 1 heterocycles. The number of hydrogen-bond donors (Lipinski definition) is 8. The SMILES string of the molecule is CSCCC(NC(=O)C(N)CO)C(=O)NC(CCC(=O)O)C(=O)NC(Cc1c[nH]c2ccccc12)C(=O)O. The average Bonchev–Trinajstić information content (AvgIpc) is 3.30. The molecule has 208 valence electrons. The molecule has 0 fully saturated rings. The van der Waals surface area contributed by atoms with Gasteiger partial charge in [0.15, 0.2) is 0 Å². The number of nitrogens with two attached hydrogens (primary N) is 1. The van der Waals surface area contributed by atoms with Gasteiger partial charge in [-0.2, -0.15) is 11.8 Å². The number of carboxylic acid groups (broad SMARTS) is 2. The van der Waals surface area contributed by atoms with E-state index in [2.05, 4.69) is 20.9 Å². The number of rotatable bonds is 16. The molecule has 0 aliphatic carbocycles. The Bertz CT molecular complexity index is 1140. The molecule has 4 unspecified atom stereocenters. The summed E-state index contributed by atoms with van der Waals surface area (Å²) in [6.45, 7) is -0.640. The summed E-state index contributed by atoms with van der Waals surface area (Å²) in [5.41, 5.74) is 6.96. The molecule has 0 aliphatic heterocycles. The second kappa shape index (κ2) is 15.0. The first kappa shape index (κ1) is 30.6. The van der Waals surface area contributed by atoms with Crippen molar-refractivity contribution in [3.63, 3.8) is 0 Å². The van der Waals surface area contributed by atoms with Gasteiger partial charge in [0.05, 0.1) is 6.61 Å². The Labute approximate surface area is 222 Å². The lowest BCUT2D eigenvalue weighted by Gasteiger charge is -2.25. The van der Waals surface area contributed by atoms with Crippen molar-refractivity contribution in [2.24, 2.45) is 5.73 Å². The molecule has 2 rings (SSSR count). The number of aromatic amines is 1. The van der Waals surface area contributed by atoms with Crippen molar-refractivity contribution in [1.29, 1.82) is 0 Å². The summed E-state index contributed by atoms with van der Waals surface area (Å²) in [5.74, 6) is -4.49. The Morgan fingerprint density at radius 1 is 0.947 bits per heavy atom. The molecule has 1 aromatic heterocycles. The minimum absolute atomic E-state index is 0.0594. The lowest BCUT2D eigenvalue weighted by atomic mass is 10.0. The van der Waals surface area contributed by atoms with Crippen molar-refractivity contribution in [3.8, 4) is 0 Å². The number of amides is 3. The smallest absolute Gasteiger partial charge is 0.326 e. The van der Waals surface area contributed by atoms with E-state index in [1.165, 1.54) is 11.8 Å². The Morgan fingerprint density at radius 2 is 1.55 bits per heavy atom. The maximum absolute atomic E-state index is 13.1. The first-order valence-electron chi connectivity index (χ1n) is 11.8. The van der Waals surface area contributed by atoms with E-state index in [1.807, 2.05) is 18.2 Å². The average molecular weight is 552 g/mol. The van der Waals surface area contributed by atoms with E-state index in [-0.39, 0.29) is 19.3 Å². The zero-order valence-electron chi connectivity index (χ0n) is 20.8. The zero-order valence-corrected chi connectivity index (χ0v) is 21.6. The van der Waals surface area contributed by atoms with Gasteiger partial charge < -0.3 is 42.0 Å². The van der Waals surface area contributed by atoms with Crippen molar-refractivity contribution in [2.75, 3.05) is 18.6 Å². The first-order chi connectivity index (χ1) is 18.1. The highest BCUT2D eigenvalue weighted by atomic mass is 32.2. The summed E-state index contributed by atoms with van der Waals surface area (Å²) in [5, 5.41) is 36.0. The number of carbonyl (C=O) groups excluding carboxylic acids is 3. The minimum atomic E-state index is -1.39. The predicted molar refractivity (Wildman–Crippen MR) is 140 cm³/mol. The number of para-hydroxylation sites is 1. The van der Waals surface area contributed by atoms with E-state index in [1.54, 1.807) is 18.5 Å². The van der Waals surface area contributed by atoms with Crippen molar-refractivity contribution >= 4 is 52.3 Å². The number of nitrogens with one attached hydrogen (secondary N) is 4. The summed E-state index contributed by atoms with van der Waals surface area (Å²) in [6.07, 6.45) is 2.76. The number of carbonyl (C=O) groups is 5. The number of H-pyrrole nitrogens is 1. The van der Waals surface area contributed by atoms with Gasteiger partial charge >= 0.3 is 11.9 Å². The van der Waals surface area contributed by atoms with Crippen molar-refractivity contribution in [1.82, 2.24) is 20.9 Å². The van der Waals surface area contributed by atoms with Crippen LogP contribution in [0.5, 0.6) is 0 Å². The number of aromatic nitrogens is 1. The molecule has 0 spiro atoms. The number of aliphatic hydroxyl groups excluding tert-OH is 1. The van der Waals surface area contributed by atoms with E-state index >= 15 is 0 Å². The number of aliphatic hydroxyl groups is 1. The highest BCUT2D eigenvalue weighted by Crippen LogP contribution is 2.19. The molecule has 0 saturated carbocycles. The molecule has 0 bridgehead atoms. The fraction of sp³-hybridized carbons (Fsp3) is 0.458. The van der Waals surface area contributed by atoms with Crippen LogP contribution in [0.25, 0.3) is 10.9 Å². The molecule has 13 nitrogen and oxygen atoms in total. The molecular formula is C24H33N5O8S.